The highest BCUT2D eigenvalue weighted by Gasteiger charge is 2.22. The molecule has 28 heavy (non-hydrogen) atoms. The van der Waals surface area contributed by atoms with Crippen LogP contribution in [0.15, 0.2) is 48.7 Å². The molecule has 1 saturated heterocycles. The number of hydrogen-bond acceptors (Lipinski definition) is 2. The van der Waals surface area contributed by atoms with Gasteiger partial charge in [0.2, 0.25) is 0 Å². The van der Waals surface area contributed by atoms with E-state index < -0.39 is 0 Å². The van der Waals surface area contributed by atoms with E-state index in [4.69, 9.17) is 11.6 Å². The third-order valence-corrected chi connectivity index (χ3v) is 5.90. The number of H-pyrrole nitrogens is 1. The van der Waals surface area contributed by atoms with Gasteiger partial charge < -0.3 is 20.1 Å². The number of aromatic nitrogens is 1. The first-order valence-corrected chi connectivity index (χ1v) is 10.1. The number of hydrogen-bond donors (Lipinski definition) is 2. The van der Waals surface area contributed by atoms with Gasteiger partial charge in [-0.25, -0.2) is 4.79 Å². The number of carbonyl (C=O) groups is 1. The van der Waals surface area contributed by atoms with Crippen LogP contribution in [0.5, 0.6) is 0 Å². The molecule has 2 amide bonds. The molecule has 0 unspecified atom stereocenters. The first-order chi connectivity index (χ1) is 13.6. The van der Waals surface area contributed by atoms with Crippen molar-refractivity contribution in [1.29, 1.82) is 0 Å². The molecule has 6 heteroatoms. The lowest BCUT2D eigenvalue weighted by Gasteiger charge is -2.36. The van der Waals surface area contributed by atoms with Gasteiger partial charge in [0.25, 0.3) is 0 Å². The molecule has 2 heterocycles. The molecule has 0 bridgehead atoms. The molecule has 1 aliphatic rings. The van der Waals surface area contributed by atoms with E-state index in [1.807, 2.05) is 42.3 Å². The summed E-state index contributed by atoms with van der Waals surface area (Å²) in [5.41, 5.74) is 4.63. The Bertz CT molecular complexity index is 976. The maximum atomic E-state index is 12.5. The van der Waals surface area contributed by atoms with E-state index in [1.54, 1.807) is 0 Å². The number of nitrogens with zero attached hydrogens (tertiary/aromatic N) is 2. The fraction of sp³-hybridized carbons (Fsp3) is 0.318. The van der Waals surface area contributed by atoms with Crippen LogP contribution in [0.1, 0.15) is 11.1 Å². The van der Waals surface area contributed by atoms with Crippen molar-refractivity contribution in [1.82, 2.24) is 15.2 Å². The van der Waals surface area contributed by atoms with E-state index in [2.05, 4.69) is 33.4 Å². The van der Waals surface area contributed by atoms with E-state index in [0.29, 0.717) is 19.6 Å². The van der Waals surface area contributed by atoms with Gasteiger partial charge in [0.05, 0.1) is 0 Å². The van der Waals surface area contributed by atoms with E-state index in [1.165, 1.54) is 10.9 Å². The standard InChI is InChI=1S/C22H25ClN4O/c1-16-19(23)6-4-8-21(16)26-11-13-27(14-12-26)22(28)24-10-9-17-15-25-20-7-3-2-5-18(17)20/h2-8,15,25H,9-14H2,1H3,(H,24,28). The summed E-state index contributed by atoms with van der Waals surface area (Å²) in [5, 5.41) is 5.08. The highest BCUT2D eigenvalue weighted by molar-refractivity contribution is 6.31. The minimum atomic E-state index is 0.0160. The molecule has 0 atom stereocenters. The molecule has 1 fully saturated rings. The highest BCUT2D eigenvalue weighted by atomic mass is 35.5. The Morgan fingerprint density at radius 3 is 2.71 bits per heavy atom. The van der Waals surface area contributed by atoms with Gasteiger partial charge in [0, 0.05) is 60.5 Å². The molecule has 2 N–H and O–H groups in total. The van der Waals surface area contributed by atoms with Gasteiger partial charge in [-0.05, 0) is 42.7 Å². The summed E-state index contributed by atoms with van der Waals surface area (Å²) in [7, 11) is 0. The Kier molecular flexibility index (Phi) is 5.44. The SMILES string of the molecule is Cc1c(Cl)cccc1N1CCN(C(=O)NCCc2c[nH]c3ccccc23)CC1. The van der Waals surface area contributed by atoms with Crippen molar-refractivity contribution in [2.75, 3.05) is 37.6 Å². The number of benzene rings is 2. The Hall–Kier alpha value is -2.66. The summed E-state index contributed by atoms with van der Waals surface area (Å²) in [6.07, 6.45) is 2.85. The van der Waals surface area contributed by atoms with Crippen LogP contribution in [0.4, 0.5) is 10.5 Å². The van der Waals surface area contributed by atoms with Crippen LogP contribution in [0.25, 0.3) is 10.9 Å². The number of para-hydroxylation sites is 1. The average Bonchev–Trinajstić information content (AvgIpc) is 3.13. The predicted octanol–water partition coefficient (Wildman–Crippen LogP) is 4.20. The van der Waals surface area contributed by atoms with Crippen LogP contribution >= 0.6 is 11.6 Å². The molecule has 0 saturated carbocycles. The summed E-state index contributed by atoms with van der Waals surface area (Å²) in [4.78, 5) is 20.0. The molecular weight excluding hydrogens is 372 g/mol. The normalized spacial score (nSPS) is 14.5. The smallest absolute Gasteiger partial charge is 0.317 e. The van der Waals surface area contributed by atoms with Gasteiger partial charge in [-0.1, -0.05) is 35.9 Å². The monoisotopic (exact) mass is 396 g/mol. The minimum Gasteiger partial charge on any atom is -0.368 e. The number of fused-ring (bicyclic) bond motifs is 1. The molecule has 1 aromatic heterocycles. The van der Waals surface area contributed by atoms with Crippen LogP contribution in [0, 0.1) is 6.92 Å². The van der Waals surface area contributed by atoms with Gasteiger partial charge in [0.15, 0.2) is 0 Å². The van der Waals surface area contributed by atoms with Gasteiger partial charge >= 0.3 is 6.03 Å². The van der Waals surface area contributed by atoms with Crippen LogP contribution in [0.3, 0.4) is 0 Å². The number of anilines is 1. The second kappa shape index (κ2) is 8.15. The quantitative estimate of drug-likeness (QED) is 0.694. The Morgan fingerprint density at radius 2 is 1.89 bits per heavy atom. The largest absolute Gasteiger partial charge is 0.368 e. The second-order valence-electron chi connectivity index (χ2n) is 7.20. The van der Waals surface area contributed by atoms with Crippen molar-refractivity contribution in [3.05, 3.63) is 64.8 Å². The van der Waals surface area contributed by atoms with Gasteiger partial charge in [-0.3, -0.25) is 0 Å². The molecule has 0 radical (unpaired) electrons. The van der Waals surface area contributed by atoms with Gasteiger partial charge in [0.1, 0.15) is 0 Å². The molecule has 0 aliphatic carbocycles. The predicted molar refractivity (Wildman–Crippen MR) is 115 cm³/mol. The van der Waals surface area contributed by atoms with E-state index in [9.17, 15) is 4.79 Å². The van der Waals surface area contributed by atoms with E-state index >= 15 is 0 Å². The summed E-state index contributed by atoms with van der Waals surface area (Å²) < 4.78 is 0. The highest BCUT2D eigenvalue weighted by Crippen LogP contribution is 2.27. The van der Waals surface area contributed by atoms with Crippen LogP contribution in [0.2, 0.25) is 5.02 Å². The van der Waals surface area contributed by atoms with Crippen LogP contribution in [-0.4, -0.2) is 48.6 Å². The zero-order valence-corrected chi connectivity index (χ0v) is 16.8. The maximum Gasteiger partial charge on any atom is 0.317 e. The Labute approximate surface area is 170 Å². The molecule has 3 aromatic rings. The molecule has 1 aliphatic heterocycles. The van der Waals surface area contributed by atoms with Crippen molar-refractivity contribution < 1.29 is 4.79 Å². The molecule has 5 nitrogen and oxygen atoms in total. The van der Waals surface area contributed by atoms with E-state index in [0.717, 1.165) is 41.3 Å². The van der Waals surface area contributed by atoms with Crippen LogP contribution in [-0.2, 0) is 6.42 Å². The van der Waals surface area contributed by atoms with Crippen molar-refractivity contribution in [3.63, 3.8) is 0 Å². The summed E-state index contributed by atoms with van der Waals surface area (Å²) in [6.45, 7) is 5.74. The van der Waals surface area contributed by atoms with Crippen molar-refractivity contribution >= 4 is 34.2 Å². The average molecular weight is 397 g/mol. The molecule has 2 aromatic carbocycles. The third-order valence-electron chi connectivity index (χ3n) is 5.49. The third kappa shape index (κ3) is 3.80. The Balaban J connectivity index is 1.28. The lowest BCUT2D eigenvalue weighted by Crippen LogP contribution is -2.52. The number of amides is 2. The van der Waals surface area contributed by atoms with Crippen LogP contribution < -0.4 is 10.2 Å². The van der Waals surface area contributed by atoms with E-state index in [-0.39, 0.29) is 6.03 Å². The van der Waals surface area contributed by atoms with Crippen molar-refractivity contribution in [3.8, 4) is 0 Å². The summed E-state index contributed by atoms with van der Waals surface area (Å²) in [5.74, 6) is 0. The van der Waals surface area contributed by atoms with Crippen molar-refractivity contribution in [2.45, 2.75) is 13.3 Å². The number of halogens is 1. The number of urea groups is 1. The minimum absolute atomic E-state index is 0.0160. The first-order valence-electron chi connectivity index (χ1n) is 9.71. The number of aromatic amines is 1. The molecule has 0 spiro atoms. The van der Waals surface area contributed by atoms with Crippen molar-refractivity contribution in [2.24, 2.45) is 0 Å². The number of carbonyl (C=O) groups excluding carboxylic acids is 1. The second-order valence-corrected chi connectivity index (χ2v) is 7.61. The molecular formula is C22H25ClN4O. The maximum absolute atomic E-state index is 12.5. The fourth-order valence-corrected chi connectivity index (χ4v) is 4.01. The zero-order chi connectivity index (χ0) is 19.5. The topological polar surface area (TPSA) is 51.4 Å². The Morgan fingerprint density at radius 1 is 1.11 bits per heavy atom. The molecule has 4 rings (SSSR count). The summed E-state index contributed by atoms with van der Waals surface area (Å²) in [6, 6.07) is 14.2. The van der Waals surface area contributed by atoms with Gasteiger partial charge in [-0.15, -0.1) is 0 Å². The number of piperazine rings is 1. The zero-order valence-electron chi connectivity index (χ0n) is 16.0. The number of nitrogens with one attached hydrogen (secondary N) is 2. The lowest BCUT2D eigenvalue weighted by atomic mass is 10.1. The first kappa shape index (κ1) is 18.7. The molecule has 146 valence electrons. The lowest BCUT2D eigenvalue weighted by molar-refractivity contribution is 0.194. The van der Waals surface area contributed by atoms with Gasteiger partial charge in [-0.2, -0.15) is 0 Å². The summed E-state index contributed by atoms with van der Waals surface area (Å²) >= 11 is 6.24. The fourth-order valence-electron chi connectivity index (χ4n) is 3.84. The number of rotatable bonds is 4.